The number of hydrogen-bond acceptors (Lipinski definition) is 4. The summed E-state index contributed by atoms with van der Waals surface area (Å²) in [5.74, 6) is 1.75. The number of amides is 1. The van der Waals surface area contributed by atoms with E-state index in [-0.39, 0.29) is 16.8 Å². The summed E-state index contributed by atoms with van der Waals surface area (Å²) < 4.78 is 6.13. The zero-order valence-electron chi connectivity index (χ0n) is 14.2. The van der Waals surface area contributed by atoms with Gasteiger partial charge in [-0.25, -0.2) is 4.98 Å². The summed E-state index contributed by atoms with van der Waals surface area (Å²) >= 11 is 1.93. The van der Waals surface area contributed by atoms with Crippen LogP contribution in [-0.2, 0) is 0 Å². The molecule has 2 aliphatic heterocycles. The molecule has 1 amide bonds. The number of thioether (sulfide) groups is 1. The van der Waals surface area contributed by atoms with Crippen molar-refractivity contribution in [2.24, 2.45) is 0 Å². The molecule has 132 valence electrons. The van der Waals surface area contributed by atoms with Crippen molar-refractivity contribution in [3.8, 4) is 5.88 Å². The molecule has 1 unspecified atom stereocenters. The van der Waals surface area contributed by atoms with Crippen molar-refractivity contribution in [1.29, 1.82) is 0 Å². The first-order valence-electron chi connectivity index (χ1n) is 8.80. The molecule has 1 atom stereocenters. The third-order valence-corrected chi connectivity index (χ3v) is 6.74. The number of nitrogens with zero attached hydrogens (tertiary/aromatic N) is 2. The predicted molar refractivity (Wildman–Crippen MR) is 103 cm³/mol. The van der Waals surface area contributed by atoms with E-state index in [4.69, 9.17) is 4.74 Å². The molecular weight excluding hydrogens is 346 g/mol. The molecule has 2 fully saturated rings. The number of likely N-dealkylation sites (tertiary alicyclic amines) is 1. The van der Waals surface area contributed by atoms with Crippen molar-refractivity contribution in [3.05, 3.63) is 60.4 Å². The van der Waals surface area contributed by atoms with Gasteiger partial charge in [-0.15, -0.1) is 11.8 Å². The van der Waals surface area contributed by atoms with Crippen LogP contribution in [-0.4, -0.2) is 50.5 Å². The number of fused-ring (bicyclic) bond motifs is 1. The molecule has 0 saturated carbocycles. The van der Waals surface area contributed by atoms with Crippen molar-refractivity contribution in [3.63, 3.8) is 0 Å². The van der Waals surface area contributed by atoms with Crippen LogP contribution in [0.25, 0.3) is 10.9 Å². The van der Waals surface area contributed by atoms with Crippen LogP contribution in [0.5, 0.6) is 5.88 Å². The molecule has 5 rings (SSSR count). The Morgan fingerprint density at radius 2 is 2.08 bits per heavy atom. The molecule has 0 radical (unpaired) electrons. The monoisotopic (exact) mass is 365 g/mol. The summed E-state index contributed by atoms with van der Waals surface area (Å²) in [5.41, 5.74) is 1.77. The molecule has 0 bridgehead atoms. The molecule has 2 aliphatic rings. The lowest BCUT2D eigenvalue weighted by atomic mass is 9.92. The van der Waals surface area contributed by atoms with Gasteiger partial charge >= 0.3 is 0 Å². The Labute approximate surface area is 155 Å². The summed E-state index contributed by atoms with van der Waals surface area (Å²) in [6.45, 7) is 1.58. The molecule has 1 N–H and O–H groups in total. The minimum Gasteiger partial charge on any atom is -0.473 e. The van der Waals surface area contributed by atoms with E-state index in [2.05, 4.69) is 9.97 Å². The Morgan fingerprint density at radius 3 is 2.92 bits per heavy atom. The highest BCUT2D eigenvalue weighted by atomic mass is 32.2. The minimum absolute atomic E-state index is 0.114. The van der Waals surface area contributed by atoms with Gasteiger partial charge in [-0.2, -0.15) is 0 Å². The standard InChI is InChI=1S/C20H19N3O2S/c24-19(16-10-22-17-6-2-1-5-15(16)17)23-12-20(13-23)9-14(11-26-20)25-18-7-3-4-8-21-18/h1-8,10,14,22H,9,11-13H2. The first kappa shape index (κ1) is 15.8. The van der Waals surface area contributed by atoms with E-state index in [0.717, 1.165) is 41.7 Å². The van der Waals surface area contributed by atoms with Gasteiger partial charge in [0.1, 0.15) is 6.10 Å². The first-order valence-corrected chi connectivity index (χ1v) is 9.78. The fraction of sp³-hybridized carbons (Fsp3) is 0.300. The number of para-hydroxylation sites is 1. The van der Waals surface area contributed by atoms with Crippen LogP contribution in [0.1, 0.15) is 16.8 Å². The Morgan fingerprint density at radius 1 is 1.23 bits per heavy atom. The molecule has 2 saturated heterocycles. The number of ether oxygens (including phenoxy) is 1. The summed E-state index contributed by atoms with van der Waals surface area (Å²) in [7, 11) is 0. The van der Waals surface area contributed by atoms with Crippen molar-refractivity contribution < 1.29 is 9.53 Å². The summed E-state index contributed by atoms with van der Waals surface area (Å²) in [5, 5.41) is 0.994. The maximum absolute atomic E-state index is 12.9. The molecular formula is C20H19N3O2S. The fourth-order valence-electron chi connectivity index (χ4n) is 3.90. The van der Waals surface area contributed by atoms with E-state index in [1.807, 2.05) is 65.3 Å². The Kier molecular flexibility index (Phi) is 3.67. The van der Waals surface area contributed by atoms with Crippen LogP contribution in [0.2, 0.25) is 0 Å². The quantitative estimate of drug-likeness (QED) is 0.773. The summed E-state index contributed by atoms with van der Waals surface area (Å²) in [6, 6.07) is 13.7. The van der Waals surface area contributed by atoms with Crippen molar-refractivity contribution in [2.45, 2.75) is 17.3 Å². The van der Waals surface area contributed by atoms with Crippen LogP contribution >= 0.6 is 11.8 Å². The molecule has 26 heavy (non-hydrogen) atoms. The van der Waals surface area contributed by atoms with Gasteiger partial charge in [0.2, 0.25) is 5.88 Å². The number of pyridine rings is 1. The number of aromatic nitrogens is 2. The lowest BCUT2D eigenvalue weighted by molar-refractivity contribution is 0.0518. The highest BCUT2D eigenvalue weighted by molar-refractivity contribution is 8.01. The second-order valence-corrected chi connectivity index (χ2v) is 8.50. The van der Waals surface area contributed by atoms with Gasteiger partial charge in [0.25, 0.3) is 5.91 Å². The topological polar surface area (TPSA) is 58.2 Å². The number of carbonyl (C=O) groups excluding carboxylic acids is 1. The van der Waals surface area contributed by atoms with E-state index >= 15 is 0 Å². The SMILES string of the molecule is O=C(c1c[nH]c2ccccc12)N1CC2(CC(Oc3ccccn3)CS2)C1. The second-order valence-electron chi connectivity index (χ2n) is 7.02. The van der Waals surface area contributed by atoms with Crippen molar-refractivity contribution >= 4 is 28.6 Å². The van der Waals surface area contributed by atoms with Gasteiger partial charge in [0.05, 0.1) is 10.3 Å². The number of H-pyrrole nitrogens is 1. The number of benzene rings is 1. The molecule has 3 aromatic rings. The van der Waals surface area contributed by atoms with E-state index in [1.165, 1.54) is 0 Å². The molecule has 5 nitrogen and oxygen atoms in total. The Hall–Kier alpha value is -2.47. The van der Waals surface area contributed by atoms with Crippen LogP contribution in [0, 0.1) is 0 Å². The average molecular weight is 365 g/mol. The molecule has 2 aromatic heterocycles. The molecule has 1 spiro atoms. The predicted octanol–water partition coefficient (Wildman–Crippen LogP) is 3.34. The van der Waals surface area contributed by atoms with Gasteiger partial charge in [-0.05, 0) is 12.1 Å². The van der Waals surface area contributed by atoms with Gasteiger partial charge in [-0.3, -0.25) is 4.79 Å². The molecule has 4 heterocycles. The van der Waals surface area contributed by atoms with Gasteiger partial charge in [-0.1, -0.05) is 24.3 Å². The zero-order valence-corrected chi connectivity index (χ0v) is 15.0. The molecule has 1 aromatic carbocycles. The highest BCUT2D eigenvalue weighted by Gasteiger charge is 2.51. The third kappa shape index (κ3) is 2.65. The number of nitrogens with one attached hydrogen (secondary N) is 1. The average Bonchev–Trinajstić information content (AvgIpc) is 3.25. The zero-order chi connectivity index (χ0) is 17.6. The van der Waals surface area contributed by atoms with Gasteiger partial charge < -0.3 is 14.6 Å². The van der Waals surface area contributed by atoms with Crippen LogP contribution in [0.3, 0.4) is 0 Å². The molecule has 0 aliphatic carbocycles. The summed E-state index contributed by atoms with van der Waals surface area (Å²) in [4.78, 5) is 22.2. The number of rotatable bonds is 3. The lowest BCUT2D eigenvalue weighted by Crippen LogP contribution is -2.60. The Balaban J connectivity index is 1.24. The lowest BCUT2D eigenvalue weighted by Gasteiger charge is -2.47. The maximum atomic E-state index is 12.9. The normalized spacial score (nSPS) is 21.1. The minimum atomic E-state index is 0.114. The first-order chi connectivity index (χ1) is 12.7. The van der Waals surface area contributed by atoms with E-state index in [0.29, 0.717) is 5.88 Å². The van der Waals surface area contributed by atoms with Crippen LogP contribution in [0.4, 0.5) is 0 Å². The van der Waals surface area contributed by atoms with E-state index < -0.39 is 0 Å². The van der Waals surface area contributed by atoms with Gasteiger partial charge in [0.15, 0.2) is 0 Å². The fourth-order valence-corrected chi connectivity index (χ4v) is 5.42. The smallest absolute Gasteiger partial charge is 0.256 e. The molecule has 6 heteroatoms. The third-order valence-electron chi connectivity index (χ3n) is 5.17. The number of carbonyl (C=O) groups is 1. The number of hydrogen-bond donors (Lipinski definition) is 1. The summed E-state index contributed by atoms with van der Waals surface area (Å²) in [6.07, 6.45) is 4.71. The Bertz CT molecular complexity index is 950. The van der Waals surface area contributed by atoms with E-state index in [9.17, 15) is 4.79 Å². The van der Waals surface area contributed by atoms with Crippen molar-refractivity contribution in [2.75, 3.05) is 18.8 Å². The van der Waals surface area contributed by atoms with Gasteiger partial charge in [0, 0.05) is 54.6 Å². The van der Waals surface area contributed by atoms with E-state index in [1.54, 1.807) is 6.20 Å². The van der Waals surface area contributed by atoms with Crippen LogP contribution < -0.4 is 4.74 Å². The largest absolute Gasteiger partial charge is 0.473 e. The van der Waals surface area contributed by atoms with Crippen LogP contribution in [0.15, 0.2) is 54.9 Å². The maximum Gasteiger partial charge on any atom is 0.256 e. The number of aromatic amines is 1. The highest BCUT2D eigenvalue weighted by Crippen LogP contribution is 2.46. The second kappa shape index (κ2) is 6.06. The van der Waals surface area contributed by atoms with Crippen molar-refractivity contribution in [1.82, 2.24) is 14.9 Å².